The van der Waals surface area contributed by atoms with Crippen molar-refractivity contribution in [2.45, 2.75) is 12.8 Å². The molecular weight excluding hydrogens is 278 g/mol. The lowest BCUT2D eigenvalue weighted by Crippen LogP contribution is -2.17. The summed E-state index contributed by atoms with van der Waals surface area (Å²) < 4.78 is 0. The number of carboxylic acids is 1. The van der Waals surface area contributed by atoms with Crippen LogP contribution in [0.25, 0.3) is 5.70 Å². The van der Waals surface area contributed by atoms with Crippen molar-refractivity contribution in [3.05, 3.63) is 40.4 Å². The van der Waals surface area contributed by atoms with Crippen molar-refractivity contribution in [2.75, 3.05) is 0 Å². The molecule has 0 aromatic heterocycles. The number of benzene rings is 1. The molecule has 4 nitrogen and oxygen atoms in total. The molecule has 104 valence electrons. The Morgan fingerprint density at radius 1 is 1.30 bits per heavy atom. The third kappa shape index (κ3) is 2.00. The van der Waals surface area contributed by atoms with E-state index in [0.717, 1.165) is 12.0 Å². The molecule has 0 radical (unpaired) electrons. The van der Waals surface area contributed by atoms with Gasteiger partial charge < -0.3 is 10.8 Å². The first-order chi connectivity index (χ1) is 9.50. The minimum atomic E-state index is -0.875. The van der Waals surface area contributed by atoms with Crippen LogP contribution >= 0.6 is 11.6 Å². The molecule has 1 aromatic rings. The lowest BCUT2D eigenvalue weighted by Gasteiger charge is -2.15. The van der Waals surface area contributed by atoms with Crippen LogP contribution < -0.4 is 5.73 Å². The maximum Gasteiger partial charge on any atom is 0.307 e. The van der Waals surface area contributed by atoms with E-state index in [4.69, 9.17) is 22.4 Å². The Morgan fingerprint density at radius 3 is 2.55 bits per heavy atom. The van der Waals surface area contributed by atoms with Crippen molar-refractivity contribution in [2.24, 2.45) is 23.5 Å². The highest BCUT2D eigenvalue weighted by Gasteiger charge is 2.61. The van der Waals surface area contributed by atoms with Gasteiger partial charge in [0, 0.05) is 22.2 Å². The number of aliphatic carboxylic acids is 1. The minimum Gasteiger partial charge on any atom is -0.481 e. The molecule has 0 heterocycles. The maximum absolute atomic E-state index is 12.3. The summed E-state index contributed by atoms with van der Waals surface area (Å²) in [7, 11) is 0. The second kappa shape index (κ2) is 4.63. The lowest BCUT2D eigenvalue weighted by atomic mass is 9.90. The van der Waals surface area contributed by atoms with Gasteiger partial charge in [0.05, 0.1) is 5.92 Å². The molecule has 0 amide bonds. The van der Waals surface area contributed by atoms with Gasteiger partial charge in [0.2, 0.25) is 0 Å². The Hall–Kier alpha value is -1.81. The van der Waals surface area contributed by atoms with Gasteiger partial charge >= 0.3 is 5.97 Å². The second-order valence-corrected chi connectivity index (χ2v) is 5.79. The van der Waals surface area contributed by atoms with Crippen LogP contribution in [0.3, 0.4) is 0 Å². The van der Waals surface area contributed by atoms with E-state index in [1.165, 1.54) is 0 Å². The van der Waals surface area contributed by atoms with Crippen LogP contribution in [0.4, 0.5) is 0 Å². The standard InChI is InChI=1S/C15H14ClNO3/c16-8-3-1-7(2-4-8)13(17)10-6-5-9-11(14(10)18)12(9)15(19)20/h1-4,9,11-12H,5-6,17H2,(H,19,20)/t9-,11+,12-/m1/s1. The lowest BCUT2D eigenvalue weighted by molar-refractivity contribution is -0.139. The number of rotatable bonds is 2. The van der Waals surface area contributed by atoms with Gasteiger partial charge in [-0.15, -0.1) is 0 Å². The van der Waals surface area contributed by atoms with Gasteiger partial charge in [-0.2, -0.15) is 0 Å². The molecule has 2 saturated carbocycles. The van der Waals surface area contributed by atoms with E-state index >= 15 is 0 Å². The Balaban J connectivity index is 1.90. The van der Waals surface area contributed by atoms with Gasteiger partial charge in [-0.05, 0) is 36.5 Å². The molecule has 3 atom stereocenters. The number of ketones is 1. The number of carboxylic acid groups (broad SMARTS) is 1. The summed E-state index contributed by atoms with van der Waals surface area (Å²) >= 11 is 5.83. The van der Waals surface area contributed by atoms with E-state index in [1.54, 1.807) is 24.3 Å². The molecule has 2 aliphatic carbocycles. The fourth-order valence-electron chi connectivity index (χ4n) is 3.13. The molecule has 3 N–H and O–H groups in total. The maximum atomic E-state index is 12.3. The smallest absolute Gasteiger partial charge is 0.307 e. The van der Waals surface area contributed by atoms with E-state index in [2.05, 4.69) is 0 Å². The first-order valence-corrected chi connectivity index (χ1v) is 6.90. The van der Waals surface area contributed by atoms with Crippen LogP contribution in [0.1, 0.15) is 18.4 Å². The van der Waals surface area contributed by atoms with Gasteiger partial charge in [0.25, 0.3) is 0 Å². The van der Waals surface area contributed by atoms with Crippen LogP contribution in [0, 0.1) is 17.8 Å². The van der Waals surface area contributed by atoms with Crippen LogP contribution in [-0.2, 0) is 9.59 Å². The van der Waals surface area contributed by atoms with Gasteiger partial charge in [-0.25, -0.2) is 0 Å². The highest BCUT2D eigenvalue weighted by atomic mass is 35.5. The molecule has 0 saturated heterocycles. The fourth-order valence-corrected chi connectivity index (χ4v) is 3.26. The van der Waals surface area contributed by atoms with E-state index in [-0.39, 0.29) is 17.6 Å². The number of carbonyl (C=O) groups is 2. The molecule has 5 heteroatoms. The van der Waals surface area contributed by atoms with E-state index in [9.17, 15) is 9.59 Å². The topological polar surface area (TPSA) is 80.4 Å². The summed E-state index contributed by atoms with van der Waals surface area (Å²) in [6, 6.07) is 6.98. The third-order valence-corrected chi connectivity index (χ3v) is 4.51. The second-order valence-electron chi connectivity index (χ2n) is 5.36. The van der Waals surface area contributed by atoms with Crippen molar-refractivity contribution in [3.8, 4) is 0 Å². The van der Waals surface area contributed by atoms with E-state index < -0.39 is 11.9 Å². The van der Waals surface area contributed by atoms with Crippen molar-refractivity contribution in [3.63, 3.8) is 0 Å². The van der Waals surface area contributed by atoms with Crippen LogP contribution in [0.2, 0.25) is 5.02 Å². The summed E-state index contributed by atoms with van der Waals surface area (Å²) in [6.45, 7) is 0. The Kier molecular flexibility index (Phi) is 3.05. The van der Waals surface area contributed by atoms with E-state index in [1.807, 2.05) is 0 Å². The molecule has 2 fully saturated rings. The number of nitrogens with two attached hydrogens (primary N) is 1. The molecule has 3 rings (SSSR count). The molecule has 20 heavy (non-hydrogen) atoms. The molecule has 0 bridgehead atoms. The number of hydrogen-bond acceptors (Lipinski definition) is 3. The number of halogens is 1. The molecule has 0 aliphatic heterocycles. The van der Waals surface area contributed by atoms with Gasteiger partial charge in [0.15, 0.2) is 5.78 Å². The first-order valence-electron chi connectivity index (χ1n) is 6.52. The number of hydrogen-bond donors (Lipinski definition) is 2. The zero-order valence-corrected chi connectivity index (χ0v) is 11.4. The molecule has 0 unspecified atom stereocenters. The van der Waals surface area contributed by atoms with Gasteiger partial charge in [0.1, 0.15) is 0 Å². The van der Waals surface area contributed by atoms with Gasteiger partial charge in [-0.3, -0.25) is 9.59 Å². The summed E-state index contributed by atoms with van der Waals surface area (Å²) in [5, 5.41) is 9.67. The molecule has 2 aliphatic rings. The number of Topliss-reactive ketones (excluding diaryl/α,β-unsaturated/α-hetero) is 1. The SMILES string of the molecule is NC(=C1CC[C@H]2[C@@H](C(=O)O)[C@H]2C1=O)c1ccc(Cl)cc1. The Morgan fingerprint density at radius 2 is 1.95 bits per heavy atom. The largest absolute Gasteiger partial charge is 0.481 e. The van der Waals surface area contributed by atoms with Crippen molar-refractivity contribution in [1.82, 2.24) is 0 Å². The first kappa shape index (κ1) is 13.2. The summed E-state index contributed by atoms with van der Waals surface area (Å²) in [5.74, 6) is -1.86. The predicted molar refractivity (Wildman–Crippen MR) is 74.9 cm³/mol. The van der Waals surface area contributed by atoms with Crippen LogP contribution in [0.15, 0.2) is 29.8 Å². The summed E-state index contributed by atoms with van der Waals surface area (Å²) in [5.41, 5.74) is 7.85. The monoisotopic (exact) mass is 291 g/mol. The number of fused-ring (bicyclic) bond motifs is 1. The summed E-state index contributed by atoms with van der Waals surface area (Å²) in [6.07, 6.45) is 1.27. The highest BCUT2D eigenvalue weighted by molar-refractivity contribution is 6.30. The zero-order chi connectivity index (χ0) is 14.4. The zero-order valence-electron chi connectivity index (χ0n) is 10.7. The predicted octanol–water partition coefficient (Wildman–Crippen LogP) is 2.32. The average Bonchev–Trinajstić information content (AvgIpc) is 3.15. The van der Waals surface area contributed by atoms with Crippen molar-refractivity contribution >= 4 is 29.1 Å². The van der Waals surface area contributed by atoms with Crippen LogP contribution in [-0.4, -0.2) is 16.9 Å². The summed E-state index contributed by atoms with van der Waals surface area (Å²) in [4.78, 5) is 23.4. The van der Waals surface area contributed by atoms with Crippen LogP contribution in [0.5, 0.6) is 0 Å². The number of carbonyl (C=O) groups excluding carboxylic acids is 1. The Bertz CT molecular complexity index is 621. The van der Waals surface area contributed by atoms with Crippen molar-refractivity contribution in [1.29, 1.82) is 0 Å². The molecule has 1 aromatic carbocycles. The van der Waals surface area contributed by atoms with Crippen molar-refractivity contribution < 1.29 is 14.7 Å². The molecular formula is C15H14ClNO3. The fraction of sp³-hybridized carbons (Fsp3) is 0.333. The number of allylic oxidation sites excluding steroid dienone is 1. The van der Waals surface area contributed by atoms with E-state index in [0.29, 0.717) is 22.7 Å². The minimum absolute atomic E-state index is 0.00164. The Labute approximate surface area is 121 Å². The van der Waals surface area contributed by atoms with Gasteiger partial charge in [-0.1, -0.05) is 23.7 Å². The average molecular weight is 292 g/mol. The third-order valence-electron chi connectivity index (χ3n) is 4.26. The normalized spacial score (nSPS) is 30.6. The molecule has 0 spiro atoms. The quantitative estimate of drug-likeness (QED) is 0.820. The highest BCUT2D eigenvalue weighted by Crippen LogP contribution is 2.55.